The molecule has 0 fully saturated rings. The fraction of sp³-hybridized carbons (Fsp3) is 0.467. The number of ether oxygens (including phenoxy) is 1. The SMILES string of the molecule is CC(C)(C)OC(=O)N1CCc2[nH]c3nccc(Cl)c3c2C1. The van der Waals surface area contributed by atoms with Crippen molar-refractivity contribution in [2.24, 2.45) is 0 Å². The maximum Gasteiger partial charge on any atom is 0.410 e. The summed E-state index contributed by atoms with van der Waals surface area (Å²) < 4.78 is 5.44. The number of rotatable bonds is 0. The van der Waals surface area contributed by atoms with E-state index in [0.29, 0.717) is 18.1 Å². The maximum atomic E-state index is 12.2. The first-order valence-corrected chi connectivity index (χ1v) is 7.35. The van der Waals surface area contributed by atoms with Crippen molar-refractivity contribution in [3.05, 3.63) is 28.5 Å². The summed E-state index contributed by atoms with van der Waals surface area (Å²) in [6.07, 6.45) is 2.14. The minimum atomic E-state index is -0.489. The Hall–Kier alpha value is -1.75. The van der Waals surface area contributed by atoms with E-state index in [2.05, 4.69) is 9.97 Å². The van der Waals surface area contributed by atoms with Crippen LogP contribution in [0.4, 0.5) is 4.79 Å². The number of carbonyl (C=O) groups excluding carboxylic acids is 1. The molecule has 112 valence electrons. The largest absolute Gasteiger partial charge is 0.444 e. The van der Waals surface area contributed by atoms with Gasteiger partial charge in [0.05, 0.1) is 11.6 Å². The van der Waals surface area contributed by atoms with Gasteiger partial charge in [-0.1, -0.05) is 11.6 Å². The van der Waals surface area contributed by atoms with E-state index in [1.165, 1.54) is 0 Å². The van der Waals surface area contributed by atoms with E-state index in [4.69, 9.17) is 16.3 Å². The van der Waals surface area contributed by atoms with Crippen molar-refractivity contribution in [2.75, 3.05) is 6.54 Å². The van der Waals surface area contributed by atoms with Gasteiger partial charge in [0.15, 0.2) is 0 Å². The molecule has 1 amide bonds. The number of aromatic nitrogens is 2. The van der Waals surface area contributed by atoms with Crippen LogP contribution in [0.1, 0.15) is 32.0 Å². The van der Waals surface area contributed by atoms with Gasteiger partial charge in [-0.3, -0.25) is 0 Å². The number of aromatic amines is 1. The van der Waals surface area contributed by atoms with Crippen molar-refractivity contribution >= 4 is 28.7 Å². The smallest absolute Gasteiger partial charge is 0.410 e. The molecule has 1 aliphatic rings. The molecule has 21 heavy (non-hydrogen) atoms. The highest BCUT2D eigenvalue weighted by Crippen LogP contribution is 2.32. The highest BCUT2D eigenvalue weighted by molar-refractivity contribution is 6.35. The molecule has 0 saturated carbocycles. The molecule has 0 saturated heterocycles. The zero-order valence-corrected chi connectivity index (χ0v) is 13.1. The first-order chi connectivity index (χ1) is 9.85. The first kappa shape index (κ1) is 14.2. The number of carbonyl (C=O) groups is 1. The Morgan fingerprint density at radius 3 is 2.95 bits per heavy atom. The van der Waals surface area contributed by atoms with Crippen molar-refractivity contribution < 1.29 is 9.53 Å². The highest BCUT2D eigenvalue weighted by Gasteiger charge is 2.28. The van der Waals surface area contributed by atoms with E-state index in [-0.39, 0.29) is 6.09 Å². The summed E-state index contributed by atoms with van der Waals surface area (Å²) in [5.74, 6) is 0. The molecule has 0 aromatic carbocycles. The zero-order valence-electron chi connectivity index (χ0n) is 12.4. The van der Waals surface area contributed by atoms with Crippen molar-refractivity contribution in [3.8, 4) is 0 Å². The Bertz CT molecular complexity index is 703. The summed E-state index contributed by atoms with van der Waals surface area (Å²) in [7, 11) is 0. The average molecular weight is 308 g/mol. The number of pyridine rings is 1. The highest BCUT2D eigenvalue weighted by atomic mass is 35.5. The van der Waals surface area contributed by atoms with Crippen molar-refractivity contribution in [3.63, 3.8) is 0 Å². The molecule has 0 aliphatic carbocycles. The fourth-order valence-corrected chi connectivity index (χ4v) is 2.84. The quantitative estimate of drug-likeness (QED) is 0.810. The predicted molar refractivity (Wildman–Crippen MR) is 81.5 cm³/mol. The lowest BCUT2D eigenvalue weighted by molar-refractivity contribution is 0.0224. The molecule has 2 aromatic heterocycles. The van der Waals surface area contributed by atoms with Crippen molar-refractivity contribution in [1.82, 2.24) is 14.9 Å². The van der Waals surface area contributed by atoms with Crippen LogP contribution < -0.4 is 0 Å². The number of hydrogen-bond donors (Lipinski definition) is 1. The maximum absolute atomic E-state index is 12.2. The van der Waals surface area contributed by atoms with Gasteiger partial charge >= 0.3 is 6.09 Å². The van der Waals surface area contributed by atoms with Crippen LogP contribution in [-0.4, -0.2) is 33.1 Å². The third-order valence-electron chi connectivity index (χ3n) is 3.47. The molecule has 0 bridgehead atoms. The van der Waals surface area contributed by atoms with Gasteiger partial charge in [0.25, 0.3) is 0 Å². The van der Waals surface area contributed by atoms with Crippen LogP contribution in [0.2, 0.25) is 5.02 Å². The summed E-state index contributed by atoms with van der Waals surface area (Å²) in [4.78, 5) is 21.5. The first-order valence-electron chi connectivity index (χ1n) is 6.97. The lowest BCUT2D eigenvalue weighted by atomic mass is 10.1. The summed E-state index contributed by atoms with van der Waals surface area (Å²) in [6.45, 7) is 6.73. The van der Waals surface area contributed by atoms with Gasteiger partial charge in [0, 0.05) is 35.8 Å². The fourth-order valence-electron chi connectivity index (χ4n) is 2.58. The van der Waals surface area contributed by atoms with Crippen molar-refractivity contribution in [1.29, 1.82) is 0 Å². The van der Waals surface area contributed by atoms with Crippen LogP contribution in [0.15, 0.2) is 12.3 Å². The molecule has 0 atom stereocenters. The van der Waals surface area contributed by atoms with E-state index in [1.807, 2.05) is 20.8 Å². The van der Waals surface area contributed by atoms with E-state index in [0.717, 1.165) is 28.7 Å². The van der Waals surface area contributed by atoms with Crippen LogP contribution in [0.5, 0.6) is 0 Å². The Kier molecular flexibility index (Phi) is 3.32. The van der Waals surface area contributed by atoms with Gasteiger partial charge < -0.3 is 14.6 Å². The number of H-pyrrole nitrogens is 1. The summed E-state index contributed by atoms with van der Waals surface area (Å²) >= 11 is 6.27. The van der Waals surface area contributed by atoms with Crippen molar-refractivity contribution in [2.45, 2.75) is 39.3 Å². The van der Waals surface area contributed by atoms with Crippen LogP contribution in [0.25, 0.3) is 11.0 Å². The number of fused-ring (bicyclic) bond motifs is 3. The summed E-state index contributed by atoms with van der Waals surface area (Å²) in [5, 5.41) is 1.56. The Morgan fingerprint density at radius 2 is 2.24 bits per heavy atom. The second-order valence-corrected chi connectivity index (χ2v) is 6.66. The Balaban J connectivity index is 1.91. The van der Waals surface area contributed by atoms with Crippen LogP contribution >= 0.6 is 11.6 Å². The van der Waals surface area contributed by atoms with Crippen LogP contribution in [0, 0.1) is 0 Å². The monoisotopic (exact) mass is 307 g/mol. The minimum absolute atomic E-state index is 0.289. The zero-order chi connectivity index (χ0) is 15.2. The molecule has 5 nitrogen and oxygen atoms in total. The van der Waals surface area contributed by atoms with Crippen LogP contribution in [-0.2, 0) is 17.7 Å². The standard InChI is InChI=1S/C15H18ClN3O2/c1-15(2,3)21-14(20)19-7-5-11-9(8-19)12-10(16)4-6-17-13(12)18-11/h4,6H,5,7-8H2,1-3H3,(H,17,18). The van der Waals surface area contributed by atoms with Gasteiger partial charge in [-0.25, -0.2) is 9.78 Å². The third kappa shape index (κ3) is 2.70. The van der Waals surface area contributed by atoms with Gasteiger partial charge in [-0.15, -0.1) is 0 Å². The number of nitrogens with one attached hydrogen (secondary N) is 1. The number of amides is 1. The molecule has 2 aromatic rings. The Morgan fingerprint density at radius 1 is 1.48 bits per heavy atom. The second-order valence-electron chi connectivity index (χ2n) is 6.25. The third-order valence-corrected chi connectivity index (χ3v) is 3.78. The molecular weight excluding hydrogens is 290 g/mol. The molecule has 3 heterocycles. The molecule has 3 rings (SSSR count). The summed E-state index contributed by atoms with van der Waals surface area (Å²) in [5.41, 5.74) is 2.43. The molecule has 0 radical (unpaired) electrons. The minimum Gasteiger partial charge on any atom is -0.444 e. The second kappa shape index (κ2) is 4.91. The molecule has 6 heteroatoms. The number of nitrogens with zero attached hydrogens (tertiary/aromatic N) is 2. The van der Waals surface area contributed by atoms with Gasteiger partial charge in [0.1, 0.15) is 11.2 Å². The van der Waals surface area contributed by atoms with E-state index >= 15 is 0 Å². The average Bonchev–Trinajstić information content (AvgIpc) is 2.75. The normalized spacial score (nSPS) is 15.1. The van der Waals surface area contributed by atoms with Gasteiger partial charge in [0.2, 0.25) is 0 Å². The summed E-state index contributed by atoms with van der Waals surface area (Å²) in [6, 6.07) is 1.77. The lowest BCUT2D eigenvalue weighted by Crippen LogP contribution is -2.39. The van der Waals surface area contributed by atoms with E-state index in [9.17, 15) is 4.79 Å². The van der Waals surface area contributed by atoms with E-state index < -0.39 is 5.60 Å². The van der Waals surface area contributed by atoms with E-state index in [1.54, 1.807) is 17.2 Å². The molecule has 0 unspecified atom stereocenters. The number of halogens is 1. The molecule has 1 aliphatic heterocycles. The van der Waals surface area contributed by atoms with Crippen LogP contribution in [0.3, 0.4) is 0 Å². The molecule has 0 spiro atoms. The van der Waals surface area contributed by atoms with Gasteiger partial charge in [-0.2, -0.15) is 0 Å². The number of hydrogen-bond acceptors (Lipinski definition) is 3. The topological polar surface area (TPSA) is 58.2 Å². The van der Waals surface area contributed by atoms with Gasteiger partial charge in [-0.05, 0) is 26.8 Å². The predicted octanol–water partition coefficient (Wildman–Crippen LogP) is 3.51. The lowest BCUT2D eigenvalue weighted by Gasteiger charge is -2.30. The molecule has 1 N–H and O–H groups in total. The molecular formula is C15H18ClN3O2. The Labute approximate surface area is 128 Å².